The number of para-hydroxylation sites is 1. The molecule has 27 heavy (non-hydrogen) atoms. The molecule has 1 aliphatic rings. The van der Waals surface area contributed by atoms with Gasteiger partial charge in [-0.1, -0.05) is 41.3 Å². The van der Waals surface area contributed by atoms with Crippen LogP contribution in [0.25, 0.3) is 0 Å². The minimum absolute atomic E-state index is 0.0615. The minimum Gasteiger partial charge on any atom is -0.308 e. The summed E-state index contributed by atoms with van der Waals surface area (Å²) in [5.41, 5.74) is 0.598. The molecule has 0 bridgehead atoms. The van der Waals surface area contributed by atoms with E-state index in [0.29, 0.717) is 15.2 Å². The van der Waals surface area contributed by atoms with E-state index < -0.39 is 17.2 Å². The van der Waals surface area contributed by atoms with E-state index in [2.05, 4.69) is 20.8 Å². The first-order valence-electron chi connectivity index (χ1n) is 8.41. The Morgan fingerprint density at radius 3 is 2.56 bits per heavy atom. The molecular weight excluding hydrogens is 386 g/mol. The maximum Gasteiger partial charge on any atom is 0.325 e. The van der Waals surface area contributed by atoms with E-state index in [1.807, 2.05) is 6.07 Å². The van der Waals surface area contributed by atoms with Crippen molar-refractivity contribution in [2.75, 3.05) is 10.2 Å². The molecule has 4 amide bonds. The zero-order valence-electron chi connectivity index (χ0n) is 14.8. The van der Waals surface area contributed by atoms with E-state index in [0.717, 1.165) is 12.8 Å². The Morgan fingerprint density at radius 1 is 1.22 bits per heavy atom. The molecule has 0 spiro atoms. The second-order valence-electron chi connectivity index (χ2n) is 6.04. The lowest BCUT2D eigenvalue weighted by Gasteiger charge is -2.15. The minimum atomic E-state index is -0.590. The molecule has 142 valence electrons. The first-order valence-corrected chi connectivity index (χ1v) is 10.1. The second kappa shape index (κ2) is 8.49. The van der Waals surface area contributed by atoms with E-state index in [1.54, 1.807) is 36.1 Å². The summed E-state index contributed by atoms with van der Waals surface area (Å²) in [5, 5.41) is 13.0. The maximum atomic E-state index is 12.2. The van der Waals surface area contributed by atoms with Crippen LogP contribution in [0.1, 0.15) is 26.7 Å². The number of amides is 4. The molecule has 1 unspecified atom stereocenters. The number of nitrogens with one attached hydrogen (secondary N) is 2. The van der Waals surface area contributed by atoms with Gasteiger partial charge in [0.25, 0.3) is 0 Å². The predicted octanol–water partition coefficient (Wildman–Crippen LogP) is 2.88. The number of hydrogen-bond donors (Lipinski definition) is 2. The lowest BCUT2D eigenvalue weighted by molar-refractivity contribution is -0.119. The number of benzene rings is 1. The third-order valence-corrected chi connectivity index (χ3v) is 5.88. The van der Waals surface area contributed by atoms with Crippen molar-refractivity contribution >= 4 is 51.8 Å². The average Bonchev–Trinajstić information content (AvgIpc) is 3.34. The third kappa shape index (κ3) is 5.27. The van der Waals surface area contributed by atoms with Crippen LogP contribution >= 0.6 is 23.1 Å². The monoisotopic (exact) mass is 405 g/mol. The number of thioether (sulfide) groups is 1. The average molecular weight is 406 g/mol. The molecule has 1 fully saturated rings. The smallest absolute Gasteiger partial charge is 0.308 e. The number of carbonyl (C=O) groups is 3. The van der Waals surface area contributed by atoms with Crippen molar-refractivity contribution in [3.8, 4) is 0 Å². The number of hydrogen-bond acceptors (Lipinski definition) is 7. The van der Waals surface area contributed by atoms with Gasteiger partial charge in [0.15, 0.2) is 4.34 Å². The van der Waals surface area contributed by atoms with Crippen LogP contribution in [-0.2, 0) is 9.59 Å². The lowest BCUT2D eigenvalue weighted by atomic mass is 10.3. The van der Waals surface area contributed by atoms with Gasteiger partial charge in [0.1, 0.15) is 0 Å². The van der Waals surface area contributed by atoms with E-state index in [9.17, 15) is 14.4 Å². The fourth-order valence-corrected chi connectivity index (χ4v) is 4.43. The van der Waals surface area contributed by atoms with Crippen LogP contribution in [0.5, 0.6) is 0 Å². The first kappa shape index (κ1) is 19.3. The molecule has 1 aromatic carbocycles. The predicted molar refractivity (Wildman–Crippen MR) is 105 cm³/mol. The number of imide groups is 1. The summed E-state index contributed by atoms with van der Waals surface area (Å²) in [6.45, 7) is 3.19. The molecule has 1 heterocycles. The molecule has 10 heteroatoms. The number of urea groups is 1. The maximum absolute atomic E-state index is 12.2. The number of rotatable bonds is 6. The van der Waals surface area contributed by atoms with Gasteiger partial charge < -0.3 is 5.32 Å². The molecule has 1 aromatic heterocycles. The van der Waals surface area contributed by atoms with Crippen molar-refractivity contribution in [2.45, 2.75) is 42.3 Å². The summed E-state index contributed by atoms with van der Waals surface area (Å²) >= 11 is 2.47. The zero-order valence-corrected chi connectivity index (χ0v) is 16.5. The fraction of sp³-hybridized carbons (Fsp3) is 0.353. The Bertz CT molecular complexity index is 838. The Balaban J connectivity index is 1.53. The summed E-state index contributed by atoms with van der Waals surface area (Å²) in [4.78, 5) is 37.6. The SMILES string of the molecule is CC(=O)N(c1nnc(SC(C)C(=O)NC(=O)Nc2ccccc2)s1)C1CC1. The normalized spacial score (nSPS) is 14.3. The van der Waals surface area contributed by atoms with Crippen molar-refractivity contribution in [2.24, 2.45) is 0 Å². The van der Waals surface area contributed by atoms with Crippen LogP contribution in [0.3, 0.4) is 0 Å². The Kier molecular flexibility index (Phi) is 6.07. The summed E-state index contributed by atoms with van der Waals surface area (Å²) in [6.07, 6.45) is 1.94. The quantitative estimate of drug-likeness (QED) is 0.566. The molecule has 1 aliphatic carbocycles. The summed E-state index contributed by atoms with van der Waals surface area (Å²) in [6, 6.07) is 8.48. The number of aromatic nitrogens is 2. The van der Waals surface area contributed by atoms with Crippen molar-refractivity contribution in [1.82, 2.24) is 15.5 Å². The van der Waals surface area contributed by atoms with Crippen molar-refractivity contribution in [3.05, 3.63) is 30.3 Å². The lowest BCUT2D eigenvalue weighted by Crippen LogP contribution is -2.38. The van der Waals surface area contributed by atoms with Crippen molar-refractivity contribution < 1.29 is 14.4 Å². The zero-order chi connectivity index (χ0) is 19.4. The fourth-order valence-electron chi connectivity index (χ4n) is 2.33. The summed E-state index contributed by atoms with van der Waals surface area (Å²) in [5.74, 6) is -0.496. The highest BCUT2D eigenvalue weighted by atomic mass is 32.2. The van der Waals surface area contributed by atoms with Gasteiger partial charge in [-0.15, -0.1) is 10.2 Å². The molecule has 2 aromatic rings. The standard InChI is InChI=1S/C17H19N5O3S2/c1-10(14(24)19-15(25)18-12-6-4-3-5-7-12)26-17-21-20-16(27-17)22(11(2)23)13-8-9-13/h3-7,10,13H,8-9H2,1-2H3,(H2,18,19,24,25). The van der Waals surface area contributed by atoms with Crippen LogP contribution < -0.4 is 15.5 Å². The third-order valence-electron chi connectivity index (χ3n) is 3.77. The van der Waals surface area contributed by atoms with Gasteiger partial charge in [-0.3, -0.25) is 19.8 Å². The molecular formula is C17H19N5O3S2. The molecule has 0 aliphatic heterocycles. The van der Waals surface area contributed by atoms with Crippen molar-refractivity contribution in [1.29, 1.82) is 0 Å². The van der Waals surface area contributed by atoms with Crippen LogP contribution in [0, 0.1) is 0 Å². The van der Waals surface area contributed by atoms with E-state index in [4.69, 9.17) is 0 Å². The highest BCUT2D eigenvalue weighted by Crippen LogP contribution is 2.36. The Labute approximate surface area is 164 Å². The summed E-state index contributed by atoms with van der Waals surface area (Å²) in [7, 11) is 0. The second-order valence-corrected chi connectivity index (χ2v) is 8.58. The Morgan fingerprint density at radius 2 is 1.93 bits per heavy atom. The molecule has 8 nitrogen and oxygen atoms in total. The highest BCUT2D eigenvalue weighted by Gasteiger charge is 2.34. The van der Waals surface area contributed by atoms with Gasteiger partial charge in [-0.25, -0.2) is 4.79 Å². The first-order chi connectivity index (χ1) is 12.9. The van der Waals surface area contributed by atoms with Gasteiger partial charge in [-0.05, 0) is 31.9 Å². The van der Waals surface area contributed by atoms with E-state index in [1.165, 1.54) is 30.0 Å². The van der Waals surface area contributed by atoms with Gasteiger partial charge in [0, 0.05) is 18.7 Å². The van der Waals surface area contributed by atoms with Gasteiger partial charge in [0.2, 0.25) is 16.9 Å². The van der Waals surface area contributed by atoms with Crippen LogP contribution in [0.15, 0.2) is 34.7 Å². The molecule has 3 rings (SSSR count). The van der Waals surface area contributed by atoms with Gasteiger partial charge >= 0.3 is 6.03 Å². The van der Waals surface area contributed by atoms with Gasteiger partial charge in [-0.2, -0.15) is 0 Å². The molecule has 0 saturated heterocycles. The van der Waals surface area contributed by atoms with Crippen molar-refractivity contribution in [3.63, 3.8) is 0 Å². The molecule has 0 radical (unpaired) electrons. The topological polar surface area (TPSA) is 104 Å². The van der Waals surface area contributed by atoms with Crippen LogP contribution in [0.4, 0.5) is 15.6 Å². The largest absolute Gasteiger partial charge is 0.325 e. The highest BCUT2D eigenvalue weighted by molar-refractivity contribution is 8.02. The molecule has 1 saturated carbocycles. The van der Waals surface area contributed by atoms with Crippen LogP contribution in [-0.4, -0.2) is 39.3 Å². The molecule has 1 atom stereocenters. The Hall–Kier alpha value is -2.46. The number of carbonyl (C=O) groups excluding carboxylic acids is 3. The van der Waals surface area contributed by atoms with Gasteiger partial charge in [0.05, 0.1) is 5.25 Å². The molecule has 2 N–H and O–H groups in total. The van der Waals surface area contributed by atoms with Crippen LogP contribution in [0.2, 0.25) is 0 Å². The van der Waals surface area contributed by atoms with E-state index in [-0.39, 0.29) is 11.9 Å². The number of anilines is 2. The number of nitrogens with zero attached hydrogens (tertiary/aromatic N) is 3. The van der Waals surface area contributed by atoms with E-state index >= 15 is 0 Å². The summed E-state index contributed by atoms with van der Waals surface area (Å²) < 4.78 is 0.572.